The molecule has 2 aromatic rings. The number of benzene rings is 2. The average molecular weight is 430 g/mol. The van der Waals surface area contributed by atoms with Crippen molar-refractivity contribution in [1.82, 2.24) is 0 Å². The van der Waals surface area contributed by atoms with Crippen molar-refractivity contribution in [3.8, 4) is 5.75 Å². The maximum atomic E-state index is 12.3. The number of methoxy groups -OCH3 is 1. The Labute approximate surface area is 167 Å². The van der Waals surface area contributed by atoms with Crippen LogP contribution >= 0.6 is 23.2 Å². The van der Waals surface area contributed by atoms with Crippen LogP contribution in [-0.4, -0.2) is 33.9 Å². The predicted octanol–water partition coefficient (Wildman–Crippen LogP) is 4.19. The summed E-state index contributed by atoms with van der Waals surface area (Å²) in [7, 11) is -1.86. The number of urea groups is 1. The molecule has 2 aromatic carbocycles. The smallest absolute Gasteiger partial charge is 0.323 e. The minimum Gasteiger partial charge on any atom is -0.495 e. The number of sulfonamides is 1. The van der Waals surface area contributed by atoms with Crippen molar-refractivity contribution in [3.05, 3.63) is 46.4 Å². The molecule has 0 aromatic heterocycles. The van der Waals surface area contributed by atoms with E-state index in [2.05, 4.69) is 10.6 Å². The maximum absolute atomic E-state index is 12.3. The molecule has 0 saturated carbocycles. The Balaban J connectivity index is 1.81. The average Bonchev–Trinajstić information content (AvgIpc) is 2.97. The summed E-state index contributed by atoms with van der Waals surface area (Å²) in [4.78, 5) is 12.3. The van der Waals surface area contributed by atoms with Gasteiger partial charge < -0.3 is 15.4 Å². The molecule has 0 bridgehead atoms. The molecule has 3 rings (SSSR count). The molecular weight excluding hydrogens is 413 g/mol. The van der Waals surface area contributed by atoms with Gasteiger partial charge in [0.1, 0.15) is 5.75 Å². The van der Waals surface area contributed by atoms with Crippen molar-refractivity contribution in [2.45, 2.75) is 6.42 Å². The largest absolute Gasteiger partial charge is 0.495 e. The molecule has 0 aliphatic carbocycles. The number of carbonyl (C=O) groups is 1. The number of nitrogens with zero attached hydrogens (tertiary/aromatic N) is 1. The van der Waals surface area contributed by atoms with Crippen LogP contribution in [0.5, 0.6) is 5.75 Å². The molecule has 0 spiro atoms. The molecule has 0 radical (unpaired) electrons. The standard InChI is InChI=1S/C17H17Cl2N3O4S/c1-26-16-6-4-12(22-7-2-8-27(22,24)25)10-15(16)21-17(23)20-11-3-5-13(18)14(19)9-11/h3-6,9-10H,2,7-8H2,1H3,(H2,20,21,23). The third kappa shape index (κ3) is 4.40. The molecule has 0 unspecified atom stereocenters. The topological polar surface area (TPSA) is 87.7 Å². The van der Waals surface area contributed by atoms with Gasteiger partial charge in [-0.2, -0.15) is 0 Å². The van der Waals surface area contributed by atoms with E-state index in [0.29, 0.717) is 45.8 Å². The zero-order valence-corrected chi connectivity index (χ0v) is 16.7. The maximum Gasteiger partial charge on any atom is 0.323 e. The van der Waals surface area contributed by atoms with E-state index < -0.39 is 16.1 Å². The third-order valence-electron chi connectivity index (χ3n) is 4.00. The lowest BCUT2D eigenvalue weighted by Gasteiger charge is -2.19. The minimum absolute atomic E-state index is 0.111. The first-order valence-electron chi connectivity index (χ1n) is 8.01. The molecule has 1 aliphatic rings. The lowest BCUT2D eigenvalue weighted by atomic mass is 10.2. The fourth-order valence-corrected chi connectivity index (χ4v) is 4.59. The number of amides is 2. The molecule has 1 aliphatic heterocycles. The molecule has 1 saturated heterocycles. The second kappa shape index (κ2) is 7.84. The molecule has 7 nitrogen and oxygen atoms in total. The van der Waals surface area contributed by atoms with Crippen LogP contribution in [0.25, 0.3) is 0 Å². The van der Waals surface area contributed by atoms with E-state index in [0.717, 1.165) is 0 Å². The normalized spacial score (nSPS) is 15.4. The Morgan fingerprint density at radius 2 is 1.89 bits per heavy atom. The molecule has 10 heteroatoms. The minimum atomic E-state index is -3.33. The Kier molecular flexibility index (Phi) is 5.69. The fraction of sp³-hybridized carbons (Fsp3) is 0.235. The summed E-state index contributed by atoms with van der Waals surface area (Å²) < 4.78 is 30.8. The number of rotatable bonds is 4. The molecule has 0 atom stereocenters. The number of nitrogens with one attached hydrogen (secondary N) is 2. The highest BCUT2D eigenvalue weighted by Gasteiger charge is 2.29. The highest BCUT2D eigenvalue weighted by molar-refractivity contribution is 7.93. The molecule has 2 N–H and O–H groups in total. The van der Waals surface area contributed by atoms with Gasteiger partial charge in [-0.1, -0.05) is 23.2 Å². The van der Waals surface area contributed by atoms with Crippen molar-refractivity contribution >= 4 is 56.3 Å². The summed E-state index contributed by atoms with van der Waals surface area (Å²) in [6.45, 7) is 0.406. The number of hydrogen-bond donors (Lipinski definition) is 2. The second-order valence-electron chi connectivity index (χ2n) is 5.83. The van der Waals surface area contributed by atoms with E-state index in [4.69, 9.17) is 27.9 Å². The fourth-order valence-electron chi connectivity index (χ4n) is 2.74. The molecule has 1 fully saturated rings. The lowest BCUT2D eigenvalue weighted by Crippen LogP contribution is -2.25. The van der Waals surface area contributed by atoms with Crippen LogP contribution in [0.3, 0.4) is 0 Å². The number of halogens is 2. The Hall–Kier alpha value is -2.16. The molecule has 1 heterocycles. The van der Waals surface area contributed by atoms with Gasteiger partial charge in [0.15, 0.2) is 0 Å². The van der Waals surface area contributed by atoms with Crippen LogP contribution < -0.4 is 19.7 Å². The van der Waals surface area contributed by atoms with E-state index in [-0.39, 0.29) is 5.75 Å². The number of hydrogen-bond acceptors (Lipinski definition) is 4. The summed E-state index contributed by atoms with van der Waals surface area (Å²) in [5, 5.41) is 5.99. The Bertz CT molecular complexity index is 982. The van der Waals surface area contributed by atoms with E-state index >= 15 is 0 Å². The third-order valence-corrected chi connectivity index (χ3v) is 6.60. The van der Waals surface area contributed by atoms with Crippen LogP contribution in [0, 0.1) is 0 Å². The number of anilines is 3. The van der Waals surface area contributed by atoms with Crippen LogP contribution in [0.1, 0.15) is 6.42 Å². The lowest BCUT2D eigenvalue weighted by molar-refractivity contribution is 0.262. The van der Waals surface area contributed by atoms with Gasteiger partial charge in [-0.15, -0.1) is 0 Å². The molecule has 2 amide bonds. The van der Waals surface area contributed by atoms with Gasteiger partial charge in [0.05, 0.1) is 34.3 Å². The van der Waals surface area contributed by atoms with Crippen molar-refractivity contribution in [2.24, 2.45) is 0 Å². The zero-order valence-electron chi connectivity index (χ0n) is 14.3. The first-order valence-corrected chi connectivity index (χ1v) is 10.4. The van der Waals surface area contributed by atoms with Crippen molar-refractivity contribution in [3.63, 3.8) is 0 Å². The Morgan fingerprint density at radius 1 is 1.11 bits per heavy atom. The van der Waals surface area contributed by atoms with Crippen LogP contribution in [0.2, 0.25) is 10.0 Å². The quantitative estimate of drug-likeness (QED) is 0.762. The van der Waals surface area contributed by atoms with Gasteiger partial charge >= 0.3 is 6.03 Å². The highest BCUT2D eigenvalue weighted by Crippen LogP contribution is 2.33. The predicted molar refractivity (Wildman–Crippen MR) is 108 cm³/mol. The molecule has 144 valence electrons. The van der Waals surface area contributed by atoms with Crippen LogP contribution in [0.15, 0.2) is 36.4 Å². The highest BCUT2D eigenvalue weighted by atomic mass is 35.5. The first kappa shape index (κ1) is 19.6. The van der Waals surface area contributed by atoms with Gasteiger partial charge in [-0.3, -0.25) is 4.31 Å². The van der Waals surface area contributed by atoms with Crippen LogP contribution in [-0.2, 0) is 10.0 Å². The van der Waals surface area contributed by atoms with Gasteiger partial charge in [0.2, 0.25) is 10.0 Å². The van der Waals surface area contributed by atoms with Crippen molar-refractivity contribution < 1.29 is 17.9 Å². The van der Waals surface area contributed by atoms with E-state index in [1.165, 1.54) is 17.5 Å². The van der Waals surface area contributed by atoms with E-state index in [1.54, 1.807) is 30.3 Å². The zero-order chi connectivity index (χ0) is 19.6. The van der Waals surface area contributed by atoms with Gasteiger partial charge in [0.25, 0.3) is 0 Å². The second-order valence-corrected chi connectivity index (χ2v) is 8.66. The van der Waals surface area contributed by atoms with Gasteiger partial charge in [0, 0.05) is 12.2 Å². The summed E-state index contributed by atoms with van der Waals surface area (Å²) in [6.07, 6.45) is 0.564. The van der Waals surface area contributed by atoms with E-state index in [1.807, 2.05) is 0 Å². The summed E-state index contributed by atoms with van der Waals surface area (Å²) in [6, 6.07) is 8.98. The molecular formula is C17H17Cl2N3O4S. The first-order chi connectivity index (χ1) is 12.8. The number of carbonyl (C=O) groups excluding carboxylic acids is 1. The summed E-state index contributed by atoms with van der Waals surface area (Å²) >= 11 is 11.8. The summed E-state index contributed by atoms with van der Waals surface area (Å²) in [5.41, 5.74) is 1.27. The van der Waals surface area contributed by atoms with E-state index in [9.17, 15) is 13.2 Å². The Morgan fingerprint density at radius 3 is 2.52 bits per heavy atom. The van der Waals surface area contributed by atoms with Crippen LogP contribution in [0.4, 0.5) is 21.9 Å². The van der Waals surface area contributed by atoms with Crippen molar-refractivity contribution in [2.75, 3.05) is 34.3 Å². The monoisotopic (exact) mass is 429 g/mol. The summed E-state index contributed by atoms with van der Waals surface area (Å²) in [5.74, 6) is 0.513. The SMILES string of the molecule is COc1ccc(N2CCCS2(=O)=O)cc1NC(=O)Nc1ccc(Cl)c(Cl)c1. The van der Waals surface area contributed by atoms with Gasteiger partial charge in [-0.05, 0) is 42.8 Å². The van der Waals surface area contributed by atoms with Gasteiger partial charge in [-0.25, -0.2) is 13.2 Å². The number of ether oxygens (including phenoxy) is 1. The molecule has 27 heavy (non-hydrogen) atoms. The van der Waals surface area contributed by atoms with Crippen molar-refractivity contribution in [1.29, 1.82) is 0 Å².